The van der Waals surface area contributed by atoms with Gasteiger partial charge in [0.25, 0.3) is 0 Å². The van der Waals surface area contributed by atoms with Crippen molar-refractivity contribution in [3.05, 3.63) is 0 Å². The van der Waals surface area contributed by atoms with Gasteiger partial charge in [-0.2, -0.15) is 0 Å². The molecule has 0 aromatic carbocycles. The summed E-state index contributed by atoms with van der Waals surface area (Å²) in [6.07, 6.45) is 3.02. The zero-order valence-corrected chi connectivity index (χ0v) is 6.75. The number of rotatable bonds is 6. The lowest BCUT2D eigenvalue weighted by molar-refractivity contribution is 0.0335. The monoisotopic (exact) mass is 160 g/mol. The maximum Gasteiger partial charge on any atom is 0.454 e. The van der Waals surface area contributed by atoms with E-state index in [9.17, 15) is 4.79 Å². The second-order valence-electron chi connectivity index (χ2n) is 2.27. The molecule has 0 aliphatic heterocycles. The van der Waals surface area contributed by atoms with E-state index in [0.29, 0.717) is 6.61 Å². The highest BCUT2D eigenvalue weighted by molar-refractivity contribution is 5.62. The second-order valence-corrected chi connectivity index (χ2v) is 2.27. The molecule has 0 unspecified atom stereocenters. The van der Waals surface area contributed by atoms with Gasteiger partial charge in [-0.15, -0.1) is 0 Å². The first-order chi connectivity index (χ1) is 5.27. The van der Waals surface area contributed by atoms with Crippen molar-refractivity contribution in [1.29, 1.82) is 0 Å². The first kappa shape index (κ1) is 10.2. The number of hydrogen-bond acceptors (Lipinski definition) is 2. The Kier molecular flexibility index (Phi) is 6.82. The van der Waals surface area contributed by atoms with Crippen LogP contribution in [-0.4, -0.2) is 17.8 Å². The van der Waals surface area contributed by atoms with Crippen LogP contribution in [0.4, 0.5) is 4.79 Å². The first-order valence-electron chi connectivity index (χ1n) is 3.83. The van der Waals surface area contributed by atoms with E-state index < -0.39 is 6.09 Å². The van der Waals surface area contributed by atoms with Crippen LogP contribution < -0.4 is 5.48 Å². The van der Waals surface area contributed by atoms with Crippen LogP contribution in [-0.2, 0) is 4.84 Å². The summed E-state index contributed by atoms with van der Waals surface area (Å²) in [5.41, 5.74) is 2.84. The van der Waals surface area contributed by atoms with E-state index in [1.165, 1.54) is 0 Å². The average molecular weight is 160 g/mol. The SMILES string of the molecule is CCCCCCO[N]C(=O)O. The molecular weight excluding hydrogens is 146 g/mol. The Morgan fingerprint density at radius 1 is 1.45 bits per heavy atom. The molecular formula is C7H14NO3. The lowest BCUT2D eigenvalue weighted by atomic mass is 10.2. The molecule has 4 nitrogen and oxygen atoms in total. The van der Waals surface area contributed by atoms with Crippen molar-refractivity contribution < 1.29 is 14.7 Å². The Morgan fingerprint density at radius 2 is 2.18 bits per heavy atom. The topological polar surface area (TPSA) is 60.6 Å². The van der Waals surface area contributed by atoms with Crippen molar-refractivity contribution in [2.75, 3.05) is 6.61 Å². The van der Waals surface area contributed by atoms with Crippen LogP contribution in [0.5, 0.6) is 0 Å². The summed E-state index contributed by atoms with van der Waals surface area (Å²) in [7, 11) is 0. The second kappa shape index (κ2) is 7.34. The van der Waals surface area contributed by atoms with E-state index >= 15 is 0 Å². The quantitative estimate of drug-likeness (QED) is 0.476. The largest absolute Gasteiger partial charge is 0.462 e. The predicted molar refractivity (Wildman–Crippen MR) is 40.3 cm³/mol. The fraction of sp³-hybridized carbons (Fsp3) is 0.857. The summed E-state index contributed by atoms with van der Waals surface area (Å²) >= 11 is 0. The summed E-state index contributed by atoms with van der Waals surface area (Å²) in [4.78, 5) is 14.3. The average Bonchev–Trinajstić information content (AvgIpc) is 1.96. The summed E-state index contributed by atoms with van der Waals surface area (Å²) < 4.78 is 0. The molecule has 0 aliphatic carbocycles. The number of nitrogens with zero attached hydrogens (tertiary/aromatic N) is 1. The summed E-state index contributed by atoms with van der Waals surface area (Å²) in [6.45, 7) is 2.52. The van der Waals surface area contributed by atoms with Crippen LogP contribution >= 0.6 is 0 Å². The van der Waals surface area contributed by atoms with Crippen LogP contribution in [0.1, 0.15) is 32.6 Å². The molecule has 0 bridgehead atoms. The molecule has 1 radical (unpaired) electrons. The summed E-state index contributed by atoms with van der Waals surface area (Å²) in [5, 5.41) is 8.02. The lowest BCUT2D eigenvalue weighted by Gasteiger charge is -1.97. The molecule has 0 aliphatic rings. The molecule has 4 heteroatoms. The molecule has 11 heavy (non-hydrogen) atoms. The van der Waals surface area contributed by atoms with Crippen molar-refractivity contribution in [3.8, 4) is 0 Å². The van der Waals surface area contributed by atoms with E-state index in [-0.39, 0.29) is 0 Å². The highest BCUT2D eigenvalue weighted by Crippen LogP contribution is 1.97. The molecule has 0 fully saturated rings. The van der Waals surface area contributed by atoms with E-state index in [4.69, 9.17) is 5.11 Å². The van der Waals surface area contributed by atoms with Gasteiger partial charge in [-0.1, -0.05) is 31.7 Å². The number of unbranched alkanes of at least 4 members (excludes halogenated alkanes) is 3. The molecule has 0 spiro atoms. The van der Waals surface area contributed by atoms with E-state index in [0.717, 1.165) is 25.7 Å². The molecule has 0 saturated heterocycles. The third-order valence-electron chi connectivity index (χ3n) is 1.23. The van der Waals surface area contributed by atoms with Gasteiger partial charge in [-0.05, 0) is 6.42 Å². The van der Waals surface area contributed by atoms with Gasteiger partial charge in [-0.3, -0.25) is 0 Å². The van der Waals surface area contributed by atoms with Crippen LogP contribution in [0.2, 0.25) is 0 Å². The number of carboxylic acid groups (broad SMARTS) is 1. The normalized spacial score (nSPS) is 9.55. The Morgan fingerprint density at radius 3 is 2.73 bits per heavy atom. The highest BCUT2D eigenvalue weighted by atomic mass is 16.7. The standard InChI is InChI=1S/C7H14NO3/c1-2-3-4-5-6-11-8-7(9)10/h2-6H2,1H3,(H,9,10). The first-order valence-corrected chi connectivity index (χ1v) is 3.83. The van der Waals surface area contributed by atoms with Gasteiger partial charge >= 0.3 is 6.09 Å². The van der Waals surface area contributed by atoms with Crippen molar-refractivity contribution in [2.24, 2.45) is 0 Å². The van der Waals surface area contributed by atoms with Crippen LogP contribution in [0.25, 0.3) is 0 Å². The van der Waals surface area contributed by atoms with Crippen LogP contribution in [0.15, 0.2) is 0 Å². The number of hydroxylamine groups is 1. The third-order valence-corrected chi connectivity index (χ3v) is 1.23. The minimum atomic E-state index is -1.26. The maximum absolute atomic E-state index is 9.80. The zero-order valence-electron chi connectivity index (χ0n) is 6.75. The molecule has 0 aromatic heterocycles. The molecule has 0 saturated carbocycles. The minimum Gasteiger partial charge on any atom is -0.462 e. The van der Waals surface area contributed by atoms with Gasteiger partial charge in [0.15, 0.2) is 0 Å². The van der Waals surface area contributed by atoms with Crippen molar-refractivity contribution in [1.82, 2.24) is 5.48 Å². The fourth-order valence-electron chi connectivity index (χ4n) is 0.694. The third kappa shape index (κ3) is 9.23. The number of hydrogen-bond donors (Lipinski definition) is 1. The molecule has 0 atom stereocenters. The molecule has 65 valence electrons. The predicted octanol–water partition coefficient (Wildman–Crippen LogP) is 1.78. The lowest BCUT2D eigenvalue weighted by Crippen LogP contribution is -2.13. The van der Waals surface area contributed by atoms with Crippen molar-refractivity contribution in [3.63, 3.8) is 0 Å². The minimum absolute atomic E-state index is 0.409. The van der Waals surface area contributed by atoms with Gasteiger partial charge in [0.05, 0.1) is 6.61 Å². The number of amides is 1. The Balaban J connectivity index is 2.85. The summed E-state index contributed by atoms with van der Waals surface area (Å²) in [5.74, 6) is 0. The van der Waals surface area contributed by atoms with Crippen LogP contribution in [0.3, 0.4) is 0 Å². The molecule has 0 rings (SSSR count). The van der Waals surface area contributed by atoms with E-state index in [1.807, 2.05) is 0 Å². The van der Waals surface area contributed by atoms with Crippen LogP contribution in [0, 0.1) is 0 Å². The number of carbonyl (C=O) groups is 1. The Labute approximate surface area is 66.5 Å². The van der Waals surface area contributed by atoms with Gasteiger partial charge < -0.3 is 5.11 Å². The molecule has 1 amide bonds. The Bertz CT molecular complexity index is 106. The molecule has 1 N–H and O–H groups in total. The smallest absolute Gasteiger partial charge is 0.454 e. The maximum atomic E-state index is 9.80. The van der Waals surface area contributed by atoms with Gasteiger partial charge in [0.1, 0.15) is 0 Å². The van der Waals surface area contributed by atoms with Gasteiger partial charge in [-0.25, -0.2) is 9.63 Å². The highest BCUT2D eigenvalue weighted by Gasteiger charge is 1.95. The van der Waals surface area contributed by atoms with E-state index in [2.05, 4.69) is 17.2 Å². The fourth-order valence-corrected chi connectivity index (χ4v) is 0.694. The van der Waals surface area contributed by atoms with Gasteiger partial charge in [0, 0.05) is 0 Å². The zero-order chi connectivity index (χ0) is 8.53. The van der Waals surface area contributed by atoms with Crippen molar-refractivity contribution in [2.45, 2.75) is 32.6 Å². The molecule has 0 heterocycles. The summed E-state index contributed by atoms with van der Waals surface area (Å²) in [6, 6.07) is 0. The Hall–Kier alpha value is -0.770. The molecule has 0 aromatic rings. The van der Waals surface area contributed by atoms with Crippen molar-refractivity contribution >= 4 is 6.09 Å². The van der Waals surface area contributed by atoms with E-state index in [1.54, 1.807) is 0 Å². The van der Waals surface area contributed by atoms with Gasteiger partial charge in [0.2, 0.25) is 0 Å².